The van der Waals surface area contributed by atoms with E-state index in [4.69, 9.17) is 5.26 Å². The largest absolute Gasteiger partial charge is 0.449 e. The van der Waals surface area contributed by atoms with Gasteiger partial charge in [0.25, 0.3) is 0 Å². The summed E-state index contributed by atoms with van der Waals surface area (Å²) < 4.78 is 31.1. The standard InChI is InChI=1S/C10H17N3O4S/c1-3-17-9(14)12-18(15,16)13-6-4-10(2,8-11)5-7-13/h3-7H2,1-2H3,(H,12,14). The number of hydrogen-bond donors (Lipinski definition) is 1. The van der Waals surface area contributed by atoms with Crippen molar-refractivity contribution < 1.29 is 17.9 Å². The van der Waals surface area contributed by atoms with Crippen LogP contribution in [-0.4, -0.2) is 38.5 Å². The average molecular weight is 275 g/mol. The van der Waals surface area contributed by atoms with Gasteiger partial charge in [0.15, 0.2) is 0 Å². The molecule has 0 aromatic rings. The summed E-state index contributed by atoms with van der Waals surface area (Å²) in [5.74, 6) is 0. The van der Waals surface area contributed by atoms with Gasteiger partial charge in [0.05, 0.1) is 18.1 Å². The van der Waals surface area contributed by atoms with Gasteiger partial charge in [-0.1, -0.05) is 0 Å². The molecule has 0 aromatic carbocycles. The average Bonchev–Trinajstić information content (AvgIpc) is 2.29. The highest BCUT2D eigenvalue weighted by Crippen LogP contribution is 2.30. The summed E-state index contributed by atoms with van der Waals surface area (Å²) in [4.78, 5) is 11.1. The lowest BCUT2D eigenvalue weighted by molar-refractivity contribution is 0.157. The fourth-order valence-electron chi connectivity index (χ4n) is 1.66. The van der Waals surface area contributed by atoms with Gasteiger partial charge >= 0.3 is 16.3 Å². The van der Waals surface area contributed by atoms with Crippen LogP contribution in [-0.2, 0) is 14.9 Å². The lowest BCUT2D eigenvalue weighted by atomic mass is 9.83. The van der Waals surface area contributed by atoms with Crippen LogP contribution in [0.5, 0.6) is 0 Å². The first-order valence-electron chi connectivity index (χ1n) is 5.69. The van der Waals surface area contributed by atoms with Crippen LogP contribution in [0.25, 0.3) is 0 Å². The van der Waals surface area contributed by atoms with Crippen molar-refractivity contribution in [3.63, 3.8) is 0 Å². The minimum Gasteiger partial charge on any atom is -0.449 e. The second kappa shape index (κ2) is 5.54. The van der Waals surface area contributed by atoms with E-state index in [1.807, 2.05) is 4.72 Å². The summed E-state index contributed by atoms with van der Waals surface area (Å²) in [7, 11) is -3.86. The fourth-order valence-corrected chi connectivity index (χ4v) is 2.72. The number of nitrogens with one attached hydrogen (secondary N) is 1. The maximum Gasteiger partial charge on any atom is 0.421 e. The Labute approximate surface area is 107 Å². The molecule has 0 bridgehead atoms. The highest BCUT2D eigenvalue weighted by atomic mass is 32.2. The third-order valence-electron chi connectivity index (χ3n) is 2.92. The van der Waals surface area contributed by atoms with Gasteiger partial charge < -0.3 is 4.74 Å². The summed E-state index contributed by atoms with van der Waals surface area (Å²) in [6.07, 6.45) is -0.0772. The van der Waals surface area contributed by atoms with Crippen molar-refractivity contribution in [3.05, 3.63) is 0 Å². The van der Waals surface area contributed by atoms with Crippen molar-refractivity contribution in [2.45, 2.75) is 26.7 Å². The number of ether oxygens (including phenoxy) is 1. The van der Waals surface area contributed by atoms with E-state index in [0.717, 1.165) is 4.31 Å². The van der Waals surface area contributed by atoms with Crippen molar-refractivity contribution in [2.75, 3.05) is 19.7 Å². The second-order valence-corrected chi connectivity index (χ2v) is 6.07. The zero-order valence-corrected chi connectivity index (χ0v) is 11.3. The van der Waals surface area contributed by atoms with Gasteiger partial charge in [-0.05, 0) is 26.7 Å². The SMILES string of the molecule is CCOC(=O)NS(=O)(=O)N1CCC(C)(C#N)CC1. The Balaban J connectivity index is 2.62. The molecule has 1 aliphatic rings. The monoisotopic (exact) mass is 275 g/mol. The fraction of sp³-hybridized carbons (Fsp3) is 0.800. The summed E-state index contributed by atoms with van der Waals surface area (Å²) in [5, 5.41) is 8.95. The molecular formula is C10H17N3O4S. The molecule has 0 spiro atoms. The molecule has 0 aliphatic carbocycles. The Morgan fingerprint density at radius 2 is 2.06 bits per heavy atom. The highest BCUT2D eigenvalue weighted by Gasteiger charge is 2.35. The van der Waals surface area contributed by atoms with E-state index in [9.17, 15) is 13.2 Å². The van der Waals surface area contributed by atoms with Crippen molar-refractivity contribution in [1.82, 2.24) is 9.03 Å². The third kappa shape index (κ3) is 3.58. The Hall–Kier alpha value is -1.33. The summed E-state index contributed by atoms with van der Waals surface area (Å²) in [6, 6.07) is 2.18. The molecule has 0 radical (unpaired) electrons. The molecular weight excluding hydrogens is 258 g/mol. The first-order valence-corrected chi connectivity index (χ1v) is 7.13. The van der Waals surface area contributed by atoms with E-state index in [-0.39, 0.29) is 19.7 Å². The van der Waals surface area contributed by atoms with Crippen molar-refractivity contribution in [1.29, 1.82) is 5.26 Å². The maximum atomic E-state index is 11.8. The van der Waals surface area contributed by atoms with E-state index in [1.165, 1.54) is 0 Å². The van der Waals surface area contributed by atoms with Crippen LogP contribution in [0.15, 0.2) is 0 Å². The molecule has 8 heteroatoms. The molecule has 7 nitrogen and oxygen atoms in total. The lowest BCUT2D eigenvalue weighted by Crippen LogP contribution is -2.48. The predicted octanol–water partition coefficient (Wildman–Crippen LogP) is 0.603. The molecule has 102 valence electrons. The molecule has 0 unspecified atom stereocenters. The Bertz CT molecular complexity index is 446. The molecule has 1 saturated heterocycles. The quantitative estimate of drug-likeness (QED) is 0.813. The first-order chi connectivity index (χ1) is 8.33. The van der Waals surface area contributed by atoms with Crippen molar-refractivity contribution >= 4 is 16.3 Å². The summed E-state index contributed by atoms with van der Waals surface area (Å²) in [5.41, 5.74) is -0.490. The summed E-state index contributed by atoms with van der Waals surface area (Å²) in [6.45, 7) is 3.94. The van der Waals surface area contributed by atoms with Crippen molar-refractivity contribution in [2.24, 2.45) is 5.41 Å². The van der Waals surface area contributed by atoms with Crippen LogP contribution in [0.3, 0.4) is 0 Å². The van der Waals surface area contributed by atoms with Gasteiger partial charge in [-0.25, -0.2) is 9.52 Å². The van der Waals surface area contributed by atoms with E-state index in [0.29, 0.717) is 12.8 Å². The highest BCUT2D eigenvalue weighted by molar-refractivity contribution is 7.87. The van der Waals surface area contributed by atoms with E-state index >= 15 is 0 Å². The maximum absolute atomic E-state index is 11.8. The van der Waals surface area contributed by atoms with Crippen LogP contribution >= 0.6 is 0 Å². The van der Waals surface area contributed by atoms with Gasteiger partial charge in [0, 0.05) is 13.1 Å². The number of nitrogens with zero attached hydrogens (tertiary/aromatic N) is 2. The molecule has 1 N–H and O–H groups in total. The topological polar surface area (TPSA) is 99.5 Å². The van der Waals surface area contributed by atoms with Crippen LogP contribution in [0.2, 0.25) is 0 Å². The predicted molar refractivity (Wildman–Crippen MR) is 63.6 cm³/mol. The third-order valence-corrected chi connectivity index (χ3v) is 4.39. The van der Waals surface area contributed by atoms with Gasteiger partial charge in [0.1, 0.15) is 0 Å². The Morgan fingerprint density at radius 1 is 1.50 bits per heavy atom. The number of rotatable bonds is 3. The van der Waals surface area contributed by atoms with Crippen molar-refractivity contribution in [3.8, 4) is 6.07 Å². The van der Waals surface area contributed by atoms with E-state index in [2.05, 4.69) is 10.8 Å². The van der Waals surface area contributed by atoms with Crippen LogP contribution in [0, 0.1) is 16.7 Å². The minimum absolute atomic E-state index is 0.105. The first kappa shape index (κ1) is 14.7. The molecule has 1 rings (SSSR count). The van der Waals surface area contributed by atoms with Crippen LogP contribution in [0.1, 0.15) is 26.7 Å². The van der Waals surface area contributed by atoms with E-state index < -0.39 is 21.7 Å². The number of carbonyl (C=O) groups excluding carboxylic acids is 1. The van der Waals surface area contributed by atoms with Gasteiger partial charge in [-0.15, -0.1) is 0 Å². The Kier molecular flexibility index (Phi) is 4.53. The van der Waals surface area contributed by atoms with Gasteiger partial charge in [0.2, 0.25) is 0 Å². The zero-order chi connectivity index (χ0) is 13.8. The second-order valence-electron chi connectivity index (χ2n) is 4.40. The number of piperidine rings is 1. The van der Waals surface area contributed by atoms with Crippen LogP contribution < -0.4 is 4.72 Å². The molecule has 1 aliphatic heterocycles. The normalized spacial score (nSPS) is 19.8. The van der Waals surface area contributed by atoms with Gasteiger partial charge in [-0.2, -0.15) is 18.0 Å². The number of hydrogen-bond acceptors (Lipinski definition) is 5. The molecule has 0 saturated carbocycles. The van der Waals surface area contributed by atoms with Gasteiger partial charge in [-0.3, -0.25) is 0 Å². The molecule has 1 amide bonds. The Morgan fingerprint density at radius 3 is 2.50 bits per heavy atom. The summed E-state index contributed by atoms with van der Waals surface area (Å²) >= 11 is 0. The zero-order valence-electron chi connectivity index (χ0n) is 10.5. The molecule has 1 heterocycles. The van der Waals surface area contributed by atoms with E-state index in [1.54, 1.807) is 13.8 Å². The lowest BCUT2D eigenvalue weighted by Gasteiger charge is -2.33. The minimum atomic E-state index is -3.86. The molecule has 1 fully saturated rings. The van der Waals surface area contributed by atoms with Crippen LogP contribution in [0.4, 0.5) is 4.79 Å². The number of amides is 1. The number of nitriles is 1. The smallest absolute Gasteiger partial charge is 0.421 e. The molecule has 0 atom stereocenters. The molecule has 0 aromatic heterocycles. The number of carbonyl (C=O) groups is 1. The molecule has 18 heavy (non-hydrogen) atoms.